The van der Waals surface area contributed by atoms with Gasteiger partial charge in [0.2, 0.25) is 11.8 Å². The standard InChI is InChI=1S/C15H15F3N2O2/c1-19-8-9(7-13(19)21)14(22)20-6-5-10-11(15(16,17)18)3-2-4-12(10)20/h2-4,9H,5-8H2,1H3/t9-/m0/s1. The molecule has 2 aliphatic heterocycles. The summed E-state index contributed by atoms with van der Waals surface area (Å²) in [6.07, 6.45) is -4.11. The number of carbonyl (C=O) groups excluding carboxylic acids is 2. The number of carbonyl (C=O) groups is 2. The first kappa shape index (κ1) is 14.9. The van der Waals surface area contributed by atoms with Crippen molar-refractivity contribution in [3.05, 3.63) is 29.3 Å². The smallest absolute Gasteiger partial charge is 0.345 e. The van der Waals surface area contributed by atoms with Crippen molar-refractivity contribution in [3.8, 4) is 0 Å². The zero-order valence-corrected chi connectivity index (χ0v) is 12.0. The molecule has 0 radical (unpaired) electrons. The maximum absolute atomic E-state index is 13.0. The molecule has 7 heteroatoms. The SMILES string of the molecule is CN1C[C@@H](C(=O)N2CCc3c2cccc3C(F)(F)F)CC1=O. The zero-order valence-electron chi connectivity index (χ0n) is 12.0. The van der Waals surface area contributed by atoms with E-state index in [0.717, 1.165) is 6.07 Å². The molecule has 0 N–H and O–H groups in total. The Bertz CT molecular complexity index is 642. The highest BCUT2D eigenvalue weighted by Gasteiger charge is 2.40. The molecule has 2 aliphatic rings. The van der Waals surface area contributed by atoms with Crippen LogP contribution in [0.3, 0.4) is 0 Å². The second kappa shape index (κ2) is 5.00. The molecule has 4 nitrogen and oxygen atoms in total. The zero-order chi connectivity index (χ0) is 16.1. The fourth-order valence-electron chi connectivity index (χ4n) is 3.18. The van der Waals surface area contributed by atoms with Crippen LogP contribution in [0.2, 0.25) is 0 Å². The number of anilines is 1. The lowest BCUT2D eigenvalue weighted by molar-refractivity contribution is -0.138. The molecule has 0 spiro atoms. The monoisotopic (exact) mass is 312 g/mol. The second-order valence-electron chi connectivity index (χ2n) is 5.72. The molecule has 1 aromatic rings. The number of halogens is 3. The van der Waals surface area contributed by atoms with E-state index in [1.807, 2.05) is 0 Å². The molecular weight excluding hydrogens is 297 g/mol. The van der Waals surface area contributed by atoms with Crippen molar-refractivity contribution in [2.75, 3.05) is 25.0 Å². The van der Waals surface area contributed by atoms with Gasteiger partial charge in [-0.05, 0) is 24.1 Å². The summed E-state index contributed by atoms with van der Waals surface area (Å²) in [5, 5.41) is 0. The van der Waals surface area contributed by atoms with Crippen LogP contribution >= 0.6 is 0 Å². The van der Waals surface area contributed by atoms with Crippen LogP contribution in [0.25, 0.3) is 0 Å². The molecule has 0 aromatic heterocycles. The van der Waals surface area contributed by atoms with Gasteiger partial charge in [-0.15, -0.1) is 0 Å². The molecule has 0 unspecified atom stereocenters. The predicted molar refractivity (Wildman–Crippen MR) is 73.2 cm³/mol. The maximum atomic E-state index is 13.0. The molecule has 1 aromatic carbocycles. The molecule has 2 heterocycles. The average Bonchev–Trinajstić information content (AvgIpc) is 3.01. The summed E-state index contributed by atoms with van der Waals surface area (Å²) in [4.78, 5) is 26.9. The van der Waals surface area contributed by atoms with Crippen molar-refractivity contribution in [2.45, 2.75) is 19.0 Å². The molecule has 118 valence electrons. The lowest BCUT2D eigenvalue weighted by atomic mass is 10.0. The van der Waals surface area contributed by atoms with Crippen molar-refractivity contribution in [2.24, 2.45) is 5.92 Å². The van der Waals surface area contributed by atoms with E-state index < -0.39 is 17.7 Å². The number of amides is 2. The molecule has 0 aliphatic carbocycles. The highest BCUT2D eigenvalue weighted by molar-refractivity contribution is 6.00. The lowest BCUT2D eigenvalue weighted by Crippen LogP contribution is -2.36. The van der Waals surface area contributed by atoms with E-state index in [9.17, 15) is 22.8 Å². The fourth-order valence-corrected chi connectivity index (χ4v) is 3.18. The van der Waals surface area contributed by atoms with Crippen LogP contribution in [-0.2, 0) is 22.2 Å². The summed E-state index contributed by atoms with van der Waals surface area (Å²) in [5.74, 6) is -0.851. The number of rotatable bonds is 1. The van der Waals surface area contributed by atoms with Gasteiger partial charge in [-0.3, -0.25) is 9.59 Å². The first-order chi connectivity index (χ1) is 10.3. The van der Waals surface area contributed by atoms with Crippen molar-refractivity contribution in [1.29, 1.82) is 0 Å². The third-order valence-electron chi connectivity index (χ3n) is 4.29. The number of hydrogen-bond acceptors (Lipinski definition) is 2. The number of alkyl halides is 3. The van der Waals surface area contributed by atoms with Gasteiger partial charge in [0.15, 0.2) is 0 Å². The van der Waals surface area contributed by atoms with Crippen molar-refractivity contribution < 1.29 is 22.8 Å². The van der Waals surface area contributed by atoms with Gasteiger partial charge >= 0.3 is 6.18 Å². The first-order valence-electron chi connectivity index (χ1n) is 7.03. The minimum Gasteiger partial charge on any atom is -0.345 e. The Balaban J connectivity index is 1.89. The van der Waals surface area contributed by atoms with Gasteiger partial charge in [0.05, 0.1) is 11.5 Å². The lowest BCUT2D eigenvalue weighted by Gasteiger charge is -2.21. The minimum absolute atomic E-state index is 0.109. The van der Waals surface area contributed by atoms with Crippen LogP contribution in [0.15, 0.2) is 18.2 Å². The van der Waals surface area contributed by atoms with Gasteiger partial charge in [-0.1, -0.05) is 6.07 Å². The topological polar surface area (TPSA) is 40.6 Å². The quantitative estimate of drug-likeness (QED) is 0.796. The summed E-state index contributed by atoms with van der Waals surface area (Å²) < 4.78 is 39.1. The van der Waals surface area contributed by atoms with Gasteiger partial charge in [-0.2, -0.15) is 13.2 Å². The van der Waals surface area contributed by atoms with Crippen molar-refractivity contribution in [1.82, 2.24) is 4.90 Å². The number of fused-ring (bicyclic) bond motifs is 1. The minimum atomic E-state index is -4.42. The molecule has 2 amide bonds. The van der Waals surface area contributed by atoms with Crippen LogP contribution in [0.4, 0.5) is 18.9 Å². The molecule has 0 saturated carbocycles. The summed E-state index contributed by atoms with van der Waals surface area (Å²) in [5.41, 5.74) is -0.192. The van der Waals surface area contributed by atoms with Gasteiger partial charge < -0.3 is 9.80 Å². The summed E-state index contributed by atoms with van der Waals surface area (Å²) in [6.45, 7) is 0.554. The van der Waals surface area contributed by atoms with E-state index in [-0.39, 0.29) is 36.8 Å². The number of nitrogens with zero attached hydrogens (tertiary/aromatic N) is 2. The largest absolute Gasteiger partial charge is 0.416 e. The average molecular weight is 312 g/mol. The Morgan fingerprint density at radius 2 is 2.05 bits per heavy atom. The van der Waals surface area contributed by atoms with Crippen LogP contribution < -0.4 is 4.90 Å². The Morgan fingerprint density at radius 3 is 2.64 bits per heavy atom. The van der Waals surface area contributed by atoms with Crippen LogP contribution in [0.5, 0.6) is 0 Å². The summed E-state index contributed by atoms with van der Waals surface area (Å²) in [7, 11) is 1.62. The Hall–Kier alpha value is -2.05. The van der Waals surface area contributed by atoms with Crippen LogP contribution in [0, 0.1) is 5.92 Å². The van der Waals surface area contributed by atoms with Crippen LogP contribution in [-0.4, -0.2) is 36.9 Å². The maximum Gasteiger partial charge on any atom is 0.416 e. The fraction of sp³-hybridized carbons (Fsp3) is 0.467. The Morgan fingerprint density at radius 1 is 1.32 bits per heavy atom. The summed E-state index contributed by atoms with van der Waals surface area (Å²) >= 11 is 0. The highest BCUT2D eigenvalue weighted by Crippen LogP contribution is 2.40. The molecule has 22 heavy (non-hydrogen) atoms. The van der Waals surface area contributed by atoms with Gasteiger partial charge in [-0.25, -0.2) is 0 Å². The third kappa shape index (κ3) is 2.34. The third-order valence-corrected chi connectivity index (χ3v) is 4.29. The van der Waals surface area contributed by atoms with Gasteiger partial charge in [0.25, 0.3) is 0 Å². The van der Waals surface area contributed by atoms with Gasteiger partial charge in [0, 0.05) is 32.2 Å². The van der Waals surface area contributed by atoms with Gasteiger partial charge in [0.1, 0.15) is 0 Å². The van der Waals surface area contributed by atoms with E-state index in [2.05, 4.69) is 0 Å². The van der Waals surface area contributed by atoms with E-state index in [4.69, 9.17) is 0 Å². The number of likely N-dealkylation sites (tertiary alicyclic amines) is 1. The van der Waals surface area contributed by atoms with E-state index in [0.29, 0.717) is 12.2 Å². The summed E-state index contributed by atoms with van der Waals surface area (Å²) in [6, 6.07) is 3.90. The first-order valence-corrected chi connectivity index (χ1v) is 7.03. The van der Waals surface area contributed by atoms with E-state index >= 15 is 0 Å². The van der Waals surface area contributed by atoms with Crippen molar-refractivity contribution in [3.63, 3.8) is 0 Å². The molecule has 1 fully saturated rings. The van der Waals surface area contributed by atoms with Crippen LogP contribution in [0.1, 0.15) is 17.5 Å². The number of hydrogen-bond donors (Lipinski definition) is 0. The number of benzene rings is 1. The molecule has 1 atom stereocenters. The molecule has 1 saturated heterocycles. The molecular formula is C15H15F3N2O2. The van der Waals surface area contributed by atoms with E-state index in [1.54, 1.807) is 7.05 Å². The van der Waals surface area contributed by atoms with Crippen molar-refractivity contribution >= 4 is 17.5 Å². The normalized spacial score (nSPS) is 21.5. The Labute approximate surface area is 125 Å². The van der Waals surface area contributed by atoms with E-state index in [1.165, 1.54) is 21.9 Å². The molecule has 0 bridgehead atoms. The Kier molecular flexibility index (Phi) is 3.38. The predicted octanol–water partition coefficient (Wildman–Crippen LogP) is 2.07. The highest BCUT2D eigenvalue weighted by atomic mass is 19.4. The molecule has 3 rings (SSSR count). The second-order valence-corrected chi connectivity index (χ2v) is 5.72.